The van der Waals surface area contributed by atoms with Crippen LogP contribution in [0, 0.1) is 0 Å². The number of aromatic nitrogens is 6. The van der Waals surface area contributed by atoms with E-state index < -0.39 is 12.0 Å². The molecule has 0 aliphatic heterocycles. The van der Waals surface area contributed by atoms with Gasteiger partial charge < -0.3 is 4.57 Å². The predicted octanol–water partition coefficient (Wildman–Crippen LogP) is 4.95. The number of benzene rings is 3. The summed E-state index contributed by atoms with van der Waals surface area (Å²) < 4.78 is 41.9. The smallest absolute Gasteiger partial charge is 0.316 e. The standard InChI is InChI=1S/C22H15F3N6/c23-22(24,25)21-26-18-7-3-4-8-19(18)31(21)13-14-9-11-15(12-10-14)16-5-1-2-6-17(16)20-27-29-30-28-20/h1-12H,13H2,(H,27,28,29,30). The molecule has 2 aromatic heterocycles. The summed E-state index contributed by atoms with van der Waals surface area (Å²) in [6.07, 6.45) is -4.54. The molecule has 0 saturated carbocycles. The Morgan fingerprint density at radius 3 is 2.26 bits per heavy atom. The summed E-state index contributed by atoms with van der Waals surface area (Å²) in [5.41, 5.74) is 4.11. The highest BCUT2D eigenvalue weighted by atomic mass is 19.4. The van der Waals surface area contributed by atoms with E-state index >= 15 is 0 Å². The van der Waals surface area contributed by atoms with Gasteiger partial charge in [-0.25, -0.2) is 4.98 Å². The predicted molar refractivity (Wildman–Crippen MR) is 109 cm³/mol. The Morgan fingerprint density at radius 2 is 1.55 bits per heavy atom. The Morgan fingerprint density at radius 1 is 0.839 bits per heavy atom. The van der Waals surface area contributed by atoms with Crippen molar-refractivity contribution >= 4 is 11.0 Å². The number of H-pyrrole nitrogens is 1. The number of para-hydroxylation sites is 2. The maximum Gasteiger partial charge on any atom is 0.449 e. The van der Waals surface area contributed by atoms with E-state index in [0.717, 1.165) is 22.3 Å². The lowest BCUT2D eigenvalue weighted by atomic mass is 9.98. The molecule has 31 heavy (non-hydrogen) atoms. The van der Waals surface area contributed by atoms with Gasteiger partial charge in [0.15, 0.2) is 0 Å². The number of alkyl halides is 3. The molecule has 2 heterocycles. The average molecular weight is 420 g/mol. The second kappa shape index (κ2) is 7.35. The van der Waals surface area contributed by atoms with Crippen LogP contribution in [0.5, 0.6) is 0 Å². The van der Waals surface area contributed by atoms with Crippen LogP contribution >= 0.6 is 0 Å². The third kappa shape index (κ3) is 3.54. The lowest BCUT2D eigenvalue weighted by molar-refractivity contribution is -0.146. The summed E-state index contributed by atoms with van der Waals surface area (Å²) >= 11 is 0. The molecular formula is C22H15F3N6. The lowest BCUT2D eigenvalue weighted by Crippen LogP contribution is -2.15. The minimum atomic E-state index is -4.54. The average Bonchev–Trinajstić information content (AvgIpc) is 3.43. The first-order valence-corrected chi connectivity index (χ1v) is 9.45. The van der Waals surface area contributed by atoms with Crippen molar-refractivity contribution in [2.24, 2.45) is 0 Å². The molecular weight excluding hydrogens is 405 g/mol. The zero-order valence-electron chi connectivity index (χ0n) is 16.0. The normalized spacial score (nSPS) is 11.8. The van der Waals surface area contributed by atoms with Crippen LogP contribution in [0.2, 0.25) is 0 Å². The van der Waals surface area contributed by atoms with Gasteiger partial charge in [-0.2, -0.15) is 18.4 Å². The molecule has 0 unspecified atom stereocenters. The van der Waals surface area contributed by atoms with Gasteiger partial charge in [0, 0.05) is 12.1 Å². The van der Waals surface area contributed by atoms with Gasteiger partial charge in [-0.1, -0.05) is 60.7 Å². The van der Waals surface area contributed by atoms with E-state index in [9.17, 15) is 13.2 Å². The number of fused-ring (bicyclic) bond motifs is 1. The summed E-state index contributed by atoms with van der Waals surface area (Å²) in [7, 11) is 0. The Kier molecular flexibility index (Phi) is 4.50. The zero-order chi connectivity index (χ0) is 21.4. The molecule has 0 fully saturated rings. The number of hydrogen-bond donors (Lipinski definition) is 1. The molecule has 0 amide bonds. The molecule has 9 heteroatoms. The van der Waals surface area contributed by atoms with Gasteiger partial charge in [-0.15, -0.1) is 10.2 Å². The fourth-order valence-electron chi connectivity index (χ4n) is 3.63. The Bertz CT molecular complexity index is 1340. The minimum absolute atomic E-state index is 0.0577. The number of halogens is 3. The van der Waals surface area contributed by atoms with Gasteiger partial charge in [-0.05, 0) is 34.0 Å². The highest BCUT2D eigenvalue weighted by Gasteiger charge is 2.37. The number of hydrogen-bond acceptors (Lipinski definition) is 4. The van der Waals surface area contributed by atoms with Crippen LogP contribution in [-0.2, 0) is 12.7 Å². The molecule has 3 aromatic carbocycles. The highest BCUT2D eigenvalue weighted by molar-refractivity contribution is 5.80. The third-order valence-corrected chi connectivity index (χ3v) is 5.03. The number of tetrazole rings is 1. The SMILES string of the molecule is FC(F)(F)c1nc2ccccc2n1Cc1ccc(-c2ccccc2-c2nn[nH]n2)cc1. The minimum Gasteiger partial charge on any atom is -0.316 e. The van der Waals surface area contributed by atoms with Crippen molar-refractivity contribution in [3.8, 4) is 22.5 Å². The Hall–Kier alpha value is -4.01. The topological polar surface area (TPSA) is 72.3 Å². The van der Waals surface area contributed by atoms with Crippen LogP contribution < -0.4 is 0 Å². The number of aromatic amines is 1. The second-order valence-electron chi connectivity index (χ2n) is 6.99. The Balaban J connectivity index is 1.51. The van der Waals surface area contributed by atoms with Gasteiger partial charge >= 0.3 is 6.18 Å². The van der Waals surface area contributed by atoms with Gasteiger partial charge in [0.05, 0.1) is 11.0 Å². The molecule has 0 radical (unpaired) electrons. The van der Waals surface area contributed by atoms with Gasteiger partial charge in [-0.3, -0.25) is 0 Å². The molecule has 5 aromatic rings. The van der Waals surface area contributed by atoms with Crippen LogP contribution in [0.25, 0.3) is 33.5 Å². The number of imidazole rings is 1. The second-order valence-corrected chi connectivity index (χ2v) is 6.99. The zero-order valence-corrected chi connectivity index (χ0v) is 16.0. The quantitative estimate of drug-likeness (QED) is 0.447. The van der Waals surface area contributed by atoms with E-state index in [1.807, 2.05) is 48.5 Å². The van der Waals surface area contributed by atoms with E-state index in [0.29, 0.717) is 16.9 Å². The van der Waals surface area contributed by atoms with Crippen molar-refractivity contribution in [1.29, 1.82) is 0 Å². The van der Waals surface area contributed by atoms with E-state index in [4.69, 9.17) is 0 Å². The van der Waals surface area contributed by atoms with Crippen molar-refractivity contribution in [3.63, 3.8) is 0 Å². The summed E-state index contributed by atoms with van der Waals surface area (Å²) in [4.78, 5) is 3.80. The van der Waals surface area contributed by atoms with E-state index in [1.54, 1.807) is 24.3 Å². The maximum atomic E-state index is 13.6. The monoisotopic (exact) mass is 420 g/mol. The van der Waals surface area contributed by atoms with Crippen molar-refractivity contribution < 1.29 is 13.2 Å². The van der Waals surface area contributed by atoms with Crippen LogP contribution in [0.4, 0.5) is 13.2 Å². The summed E-state index contributed by atoms with van der Waals surface area (Å²) in [6.45, 7) is 0.0577. The van der Waals surface area contributed by atoms with Gasteiger partial charge in [0.25, 0.3) is 0 Å². The molecule has 0 saturated heterocycles. The van der Waals surface area contributed by atoms with Crippen LogP contribution in [0.3, 0.4) is 0 Å². The van der Waals surface area contributed by atoms with E-state index in [2.05, 4.69) is 25.6 Å². The maximum absolute atomic E-state index is 13.6. The lowest BCUT2D eigenvalue weighted by Gasteiger charge is -2.12. The van der Waals surface area contributed by atoms with E-state index in [1.165, 1.54) is 4.57 Å². The Labute approximate surface area is 174 Å². The van der Waals surface area contributed by atoms with Crippen molar-refractivity contribution in [3.05, 3.63) is 84.2 Å². The third-order valence-electron chi connectivity index (χ3n) is 5.03. The van der Waals surface area contributed by atoms with Crippen molar-refractivity contribution in [2.75, 3.05) is 0 Å². The summed E-state index contributed by atoms with van der Waals surface area (Å²) in [5, 5.41) is 14.1. The highest BCUT2D eigenvalue weighted by Crippen LogP contribution is 2.33. The van der Waals surface area contributed by atoms with Crippen molar-refractivity contribution in [2.45, 2.75) is 12.7 Å². The van der Waals surface area contributed by atoms with E-state index in [-0.39, 0.29) is 6.54 Å². The summed E-state index contributed by atoms with van der Waals surface area (Å²) in [6, 6.07) is 21.6. The molecule has 0 aliphatic carbocycles. The number of nitrogens with one attached hydrogen (secondary N) is 1. The van der Waals surface area contributed by atoms with Gasteiger partial charge in [0.2, 0.25) is 11.6 Å². The first-order chi connectivity index (χ1) is 15.0. The summed E-state index contributed by atoms with van der Waals surface area (Å²) in [5.74, 6) is -0.431. The first-order valence-electron chi connectivity index (χ1n) is 9.45. The molecule has 0 bridgehead atoms. The van der Waals surface area contributed by atoms with Crippen LogP contribution in [0.15, 0.2) is 72.8 Å². The fraction of sp³-hybridized carbons (Fsp3) is 0.0909. The molecule has 5 rings (SSSR count). The number of rotatable bonds is 4. The molecule has 0 spiro atoms. The molecule has 0 atom stereocenters. The number of nitrogens with zero attached hydrogens (tertiary/aromatic N) is 5. The fourth-order valence-corrected chi connectivity index (χ4v) is 3.63. The first kappa shape index (κ1) is 19.0. The van der Waals surface area contributed by atoms with Gasteiger partial charge in [0.1, 0.15) is 0 Å². The molecule has 154 valence electrons. The van der Waals surface area contributed by atoms with Crippen LogP contribution in [-0.4, -0.2) is 30.2 Å². The van der Waals surface area contributed by atoms with Crippen LogP contribution in [0.1, 0.15) is 11.4 Å². The molecule has 6 nitrogen and oxygen atoms in total. The largest absolute Gasteiger partial charge is 0.449 e. The molecule has 1 N–H and O–H groups in total. The molecule has 0 aliphatic rings. The van der Waals surface area contributed by atoms with Crippen molar-refractivity contribution in [1.82, 2.24) is 30.2 Å².